The van der Waals surface area contributed by atoms with Gasteiger partial charge in [-0.25, -0.2) is 0 Å². The molecule has 1 aromatic carbocycles. The Kier molecular flexibility index (Phi) is 2.04. The highest BCUT2D eigenvalue weighted by atomic mass is 16.5. The van der Waals surface area contributed by atoms with Crippen LogP contribution in [0.5, 0.6) is 5.75 Å². The molecular weight excluding hydrogens is 218 g/mol. The maximum atomic E-state index is 5.55. The first-order valence-corrected chi connectivity index (χ1v) is 5.16. The Morgan fingerprint density at radius 1 is 1.35 bits per heavy atom. The van der Waals surface area contributed by atoms with Gasteiger partial charge in [-0.2, -0.15) is 0 Å². The smallest absolute Gasteiger partial charge is 0.169 e. The van der Waals surface area contributed by atoms with Crippen molar-refractivity contribution >= 4 is 16.7 Å². The fourth-order valence-electron chi connectivity index (χ4n) is 1.93. The number of methoxy groups -OCH3 is 1. The number of hydrogen-bond donors (Lipinski definition) is 2. The topological polar surface area (TPSA) is 77.1 Å². The van der Waals surface area contributed by atoms with Crippen molar-refractivity contribution in [2.24, 2.45) is 0 Å². The number of fused-ring (bicyclic) bond motifs is 1. The van der Waals surface area contributed by atoms with Gasteiger partial charge in [-0.3, -0.25) is 0 Å². The number of anilines is 1. The second kappa shape index (κ2) is 3.55. The fourth-order valence-corrected chi connectivity index (χ4v) is 1.93. The van der Waals surface area contributed by atoms with E-state index >= 15 is 0 Å². The van der Waals surface area contributed by atoms with Crippen LogP contribution >= 0.6 is 0 Å². The summed E-state index contributed by atoms with van der Waals surface area (Å²) in [6.45, 7) is 0. The van der Waals surface area contributed by atoms with Crippen LogP contribution in [0.15, 0.2) is 35.0 Å². The first kappa shape index (κ1) is 9.77. The van der Waals surface area contributed by atoms with Gasteiger partial charge >= 0.3 is 0 Å². The van der Waals surface area contributed by atoms with Crippen LogP contribution < -0.4 is 10.5 Å². The minimum Gasteiger partial charge on any atom is -0.495 e. The van der Waals surface area contributed by atoms with Crippen LogP contribution in [0.4, 0.5) is 5.82 Å². The van der Waals surface area contributed by atoms with Crippen molar-refractivity contribution in [1.82, 2.24) is 10.1 Å². The minimum atomic E-state index is 0.375. The molecule has 0 spiro atoms. The summed E-state index contributed by atoms with van der Waals surface area (Å²) in [6.07, 6.45) is 1.86. The molecule has 2 aromatic heterocycles. The van der Waals surface area contributed by atoms with Crippen LogP contribution in [0, 0.1) is 0 Å². The molecule has 0 aliphatic carbocycles. The van der Waals surface area contributed by atoms with Crippen LogP contribution in [0.3, 0.4) is 0 Å². The lowest BCUT2D eigenvalue weighted by Gasteiger charge is -2.04. The van der Waals surface area contributed by atoms with E-state index in [1.807, 2.05) is 24.4 Å². The molecule has 0 saturated carbocycles. The molecule has 2 heterocycles. The summed E-state index contributed by atoms with van der Waals surface area (Å²) in [5.41, 5.74) is 7.42. The third kappa shape index (κ3) is 1.44. The molecule has 0 saturated heterocycles. The fraction of sp³-hybridized carbons (Fsp3) is 0.0833. The number of benzene rings is 1. The standard InChI is InChI=1S/C12H11N3O2/c1-16-9-3-2-7(8-4-5-14-12(8)9)10-6-11(13)15-17-10/h2-6,14H,1H3,(H2,13,15). The highest BCUT2D eigenvalue weighted by molar-refractivity contribution is 5.97. The van der Waals surface area contributed by atoms with Crippen LogP contribution in [0.1, 0.15) is 0 Å². The molecule has 0 bridgehead atoms. The molecule has 0 unspecified atom stereocenters. The lowest BCUT2D eigenvalue weighted by atomic mass is 10.1. The Morgan fingerprint density at radius 2 is 2.24 bits per heavy atom. The molecular formula is C12H11N3O2. The van der Waals surface area contributed by atoms with Crippen molar-refractivity contribution in [2.45, 2.75) is 0 Å². The average molecular weight is 229 g/mol. The van der Waals surface area contributed by atoms with Gasteiger partial charge in [0.05, 0.1) is 12.6 Å². The molecule has 0 atom stereocenters. The van der Waals surface area contributed by atoms with Crippen LogP contribution in [-0.2, 0) is 0 Å². The largest absolute Gasteiger partial charge is 0.495 e. The number of nitrogen functional groups attached to an aromatic ring is 1. The van der Waals surface area contributed by atoms with Gasteiger partial charge in [0.15, 0.2) is 11.6 Å². The predicted octanol–water partition coefficient (Wildman–Crippen LogP) is 2.41. The molecule has 0 radical (unpaired) electrons. The van der Waals surface area contributed by atoms with Crippen LogP contribution in [0.2, 0.25) is 0 Å². The van der Waals surface area contributed by atoms with E-state index in [2.05, 4.69) is 10.1 Å². The zero-order valence-electron chi connectivity index (χ0n) is 9.23. The molecule has 0 aliphatic heterocycles. The summed E-state index contributed by atoms with van der Waals surface area (Å²) in [4.78, 5) is 3.14. The van der Waals surface area contributed by atoms with E-state index in [4.69, 9.17) is 15.0 Å². The number of ether oxygens (including phenoxy) is 1. The van der Waals surface area contributed by atoms with Crippen molar-refractivity contribution in [2.75, 3.05) is 12.8 Å². The van der Waals surface area contributed by atoms with Gasteiger partial charge in [0, 0.05) is 23.2 Å². The number of aromatic amines is 1. The van der Waals surface area contributed by atoms with Crippen molar-refractivity contribution in [3.05, 3.63) is 30.5 Å². The average Bonchev–Trinajstić information content (AvgIpc) is 2.96. The zero-order chi connectivity index (χ0) is 11.8. The lowest BCUT2D eigenvalue weighted by Crippen LogP contribution is -1.85. The lowest BCUT2D eigenvalue weighted by molar-refractivity contribution is 0.418. The summed E-state index contributed by atoms with van der Waals surface area (Å²) < 4.78 is 10.5. The van der Waals surface area contributed by atoms with E-state index < -0.39 is 0 Å². The predicted molar refractivity (Wildman–Crippen MR) is 64.8 cm³/mol. The molecule has 5 heteroatoms. The maximum Gasteiger partial charge on any atom is 0.169 e. The number of nitrogens with zero attached hydrogens (tertiary/aromatic N) is 1. The maximum absolute atomic E-state index is 5.55. The molecule has 3 N–H and O–H groups in total. The Morgan fingerprint density at radius 3 is 2.94 bits per heavy atom. The summed E-state index contributed by atoms with van der Waals surface area (Å²) in [6, 6.07) is 7.47. The van der Waals surface area contributed by atoms with Gasteiger partial charge in [0.2, 0.25) is 0 Å². The number of hydrogen-bond acceptors (Lipinski definition) is 4. The van der Waals surface area contributed by atoms with Gasteiger partial charge in [0.1, 0.15) is 5.75 Å². The Labute approximate surface area is 97.2 Å². The normalized spacial score (nSPS) is 10.9. The van der Waals surface area contributed by atoms with Crippen molar-refractivity contribution < 1.29 is 9.26 Å². The first-order valence-electron chi connectivity index (χ1n) is 5.16. The summed E-state index contributed by atoms with van der Waals surface area (Å²) >= 11 is 0. The molecule has 0 aliphatic rings. The molecule has 86 valence electrons. The molecule has 3 aromatic rings. The quantitative estimate of drug-likeness (QED) is 0.707. The van der Waals surface area contributed by atoms with Crippen LogP contribution in [-0.4, -0.2) is 17.3 Å². The number of H-pyrrole nitrogens is 1. The minimum absolute atomic E-state index is 0.375. The van der Waals surface area contributed by atoms with Crippen molar-refractivity contribution in [1.29, 1.82) is 0 Å². The van der Waals surface area contributed by atoms with Gasteiger partial charge in [-0.05, 0) is 18.2 Å². The first-order chi connectivity index (χ1) is 8.29. The zero-order valence-corrected chi connectivity index (χ0v) is 9.23. The molecule has 0 fully saturated rings. The van der Waals surface area contributed by atoms with Gasteiger partial charge in [-0.1, -0.05) is 5.16 Å². The van der Waals surface area contributed by atoms with Gasteiger partial charge < -0.3 is 20.0 Å². The summed E-state index contributed by atoms with van der Waals surface area (Å²) in [5, 5.41) is 4.70. The second-order valence-electron chi connectivity index (χ2n) is 3.70. The summed E-state index contributed by atoms with van der Waals surface area (Å²) in [5.74, 6) is 1.82. The van der Waals surface area contributed by atoms with Crippen molar-refractivity contribution in [3.63, 3.8) is 0 Å². The molecule has 5 nitrogen and oxygen atoms in total. The van der Waals surface area contributed by atoms with Crippen LogP contribution in [0.25, 0.3) is 22.2 Å². The van der Waals surface area contributed by atoms with E-state index in [0.29, 0.717) is 11.6 Å². The van der Waals surface area contributed by atoms with Gasteiger partial charge in [-0.15, -0.1) is 0 Å². The Hall–Kier alpha value is -2.43. The third-order valence-electron chi connectivity index (χ3n) is 2.70. The highest BCUT2D eigenvalue weighted by Crippen LogP contribution is 2.34. The van der Waals surface area contributed by atoms with E-state index in [-0.39, 0.29) is 0 Å². The monoisotopic (exact) mass is 229 g/mol. The Balaban J connectivity index is 2.27. The number of nitrogens with two attached hydrogens (primary N) is 1. The van der Waals surface area contributed by atoms with E-state index in [0.717, 1.165) is 22.2 Å². The number of aromatic nitrogens is 2. The van der Waals surface area contributed by atoms with E-state index in [9.17, 15) is 0 Å². The Bertz CT molecular complexity index is 669. The van der Waals surface area contributed by atoms with E-state index in [1.54, 1.807) is 13.2 Å². The number of rotatable bonds is 2. The van der Waals surface area contributed by atoms with E-state index in [1.165, 1.54) is 0 Å². The molecule has 0 amide bonds. The molecule has 3 rings (SSSR count). The summed E-state index contributed by atoms with van der Waals surface area (Å²) in [7, 11) is 1.64. The number of nitrogens with one attached hydrogen (secondary N) is 1. The molecule has 17 heavy (non-hydrogen) atoms. The highest BCUT2D eigenvalue weighted by Gasteiger charge is 2.12. The second-order valence-corrected chi connectivity index (χ2v) is 3.70. The van der Waals surface area contributed by atoms with Crippen molar-refractivity contribution in [3.8, 4) is 17.1 Å². The van der Waals surface area contributed by atoms with Gasteiger partial charge in [0.25, 0.3) is 0 Å². The third-order valence-corrected chi connectivity index (χ3v) is 2.70. The SMILES string of the molecule is COc1ccc(-c2cc(N)no2)c2cc[nH]c12.